The molecule has 1 fully saturated rings. The highest BCUT2D eigenvalue weighted by Crippen LogP contribution is 2.38. The van der Waals surface area contributed by atoms with E-state index in [0.29, 0.717) is 5.75 Å². The maximum absolute atomic E-state index is 12.2. The lowest BCUT2D eigenvalue weighted by atomic mass is 10.0. The summed E-state index contributed by atoms with van der Waals surface area (Å²) < 4.78 is 10.7. The zero-order valence-corrected chi connectivity index (χ0v) is 13.0. The van der Waals surface area contributed by atoms with Gasteiger partial charge in [0.25, 0.3) is 0 Å². The van der Waals surface area contributed by atoms with Crippen LogP contribution < -0.4 is 9.47 Å². The van der Waals surface area contributed by atoms with Crippen molar-refractivity contribution in [2.24, 2.45) is 0 Å². The quantitative estimate of drug-likeness (QED) is 0.837. The fourth-order valence-corrected chi connectivity index (χ4v) is 3.10. The minimum absolute atomic E-state index is 0.121. The number of likely N-dealkylation sites (tertiary alicyclic amines) is 1. The van der Waals surface area contributed by atoms with E-state index in [4.69, 9.17) is 9.47 Å². The number of nitrogens with zero attached hydrogens (tertiary/aromatic N) is 1. The van der Waals surface area contributed by atoms with E-state index >= 15 is 0 Å². The largest absolute Gasteiger partial charge is 0.497 e. The van der Waals surface area contributed by atoms with Crippen molar-refractivity contribution in [2.75, 3.05) is 32.8 Å². The number of carbonyl (C=O) groups excluding carboxylic acids is 1. The van der Waals surface area contributed by atoms with E-state index in [-0.39, 0.29) is 11.9 Å². The van der Waals surface area contributed by atoms with Crippen LogP contribution in [0.3, 0.4) is 0 Å². The maximum atomic E-state index is 12.2. The fraction of sp³-hybridized carbons (Fsp3) is 0.533. The highest BCUT2D eigenvalue weighted by Gasteiger charge is 2.31. The van der Waals surface area contributed by atoms with Gasteiger partial charge in [-0.05, 0) is 31.2 Å². The molecule has 1 aliphatic heterocycles. The van der Waals surface area contributed by atoms with Crippen molar-refractivity contribution >= 4 is 17.7 Å². The molecular formula is C15H21NO3S. The molecule has 0 aliphatic carbocycles. The lowest BCUT2D eigenvalue weighted by Crippen LogP contribution is -2.32. The van der Waals surface area contributed by atoms with Crippen molar-refractivity contribution in [3.8, 4) is 11.5 Å². The van der Waals surface area contributed by atoms with Gasteiger partial charge < -0.3 is 14.4 Å². The van der Waals surface area contributed by atoms with Crippen molar-refractivity contribution in [1.82, 2.24) is 4.90 Å². The minimum Gasteiger partial charge on any atom is -0.497 e. The second kappa shape index (κ2) is 6.88. The van der Waals surface area contributed by atoms with E-state index in [1.165, 1.54) is 0 Å². The molecule has 0 N–H and O–H groups in total. The molecule has 4 nitrogen and oxygen atoms in total. The number of ether oxygens (including phenoxy) is 2. The molecular weight excluding hydrogens is 274 g/mol. The minimum atomic E-state index is 0.121. The van der Waals surface area contributed by atoms with E-state index in [0.717, 1.165) is 36.4 Å². The number of methoxy groups -OCH3 is 2. The van der Waals surface area contributed by atoms with Gasteiger partial charge in [0.15, 0.2) is 0 Å². The van der Waals surface area contributed by atoms with E-state index in [9.17, 15) is 4.79 Å². The first kappa shape index (κ1) is 15.0. The molecule has 1 aromatic carbocycles. The molecule has 1 saturated heterocycles. The Labute approximate surface area is 124 Å². The molecule has 0 saturated carbocycles. The molecule has 1 aliphatic rings. The van der Waals surface area contributed by atoms with E-state index < -0.39 is 0 Å². The first-order chi connectivity index (χ1) is 9.71. The number of carbonyl (C=O) groups is 1. The molecule has 110 valence electrons. The predicted molar refractivity (Wildman–Crippen MR) is 81.6 cm³/mol. The van der Waals surface area contributed by atoms with Crippen LogP contribution in [0.1, 0.15) is 24.4 Å². The van der Waals surface area contributed by atoms with Gasteiger partial charge in [-0.3, -0.25) is 4.79 Å². The van der Waals surface area contributed by atoms with Crippen LogP contribution in [0.4, 0.5) is 0 Å². The van der Waals surface area contributed by atoms with Crippen LogP contribution >= 0.6 is 11.8 Å². The zero-order chi connectivity index (χ0) is 14.5. The predicted octanol–water partition coefficient (Wildman–Crippen LogP) is 2.73. The third kappa shape index (κ3) is 3.03. The molecule has 1 atom stereocenters. The number of thioether (sulfide) groups is 1. The third-order valence-corrected chi connectivity index (χ3v) is 4.18. The summed E-state index contributed by atoms with van der Waals surface area (Å²) >= 11 is 1.57. The number of amides is 1. The van der Waals surface area contributed by atoms with Gasteiger partial charge in [-0.15, -0.1) is 0 Å². The van der Waals surface area contributed by atoms with Crippen LogP contribution in [0, 0.1) is 0 Å². The Morgan fingerprint density at radius 2 is 2.20 bits per heavy atom. The van der Waals surface area contributed by atoms with Gasteiger partial charge in [0.1, 0.15) is 11.5 Å². The van der Waals surface area contributed by atoms with Crippen LogP contribution in [0.5, 0.6) is 11.5 Å². The Morgan fingerprint density at radius 1 is 1.40 bits per heavy atom. The number of rotatable bonds is 5. The monoisotopic (exact) mass is 295 g/mol. The Balaban J connectivity index is 2.27. The topological polar surface area (TPSA) is 38.8 Å². The molecule has 1 heterocycles. The second-order valence-corrected chi connectivity index (χ2v) is 5.65. The number of hydrogen-bond acceptors (Lipinski definition) is 4. The molecule has 0 bridgehead atoms. The Morgan fingerprint density at radius 3 is 2.85 bits per heavy atom. The summed E-state index contributed by atoms with van der Waals surface area (Å²) in [7, 11) is 3.29. The summed E-state index contributed by atoms with van der Waals surface area (Å²) in [6.07, 6.45) is 3.99. The van der Waals surface area contributed by atoms with Gasteiger partial charge in [-0.2, -0.15) is 11.8 Å². The standard InChI is InChI=1S/C15H21NO3S/c1-18-11-6-7-12(14(9-11)19-2)13-5-4-8-16(13)15(17)10-20-3/h6-7,9,13H,4-5,8,10H2,1-3H3. The van der Waals surface area contributed by atoms with Crippen LogP contribution in [0.25, 0.3) is 0 Å². The molecule has 0 radical (unpaired) electrons. The molecule has 0 spiro atoms. The average Bonchev–Trinajstić information content (AvgIpc) is 2.96. The van der Waals surface area contributed by atoms with Gasteiger partial charge in [-0.1, -0.05) is 0 Å². The summed E-state index contributed by atoms with van der Waals surface area (Å²) in [6.45, 7) is 0.833. The molecule has 1 unspecified atom stereocenters. The third-order valence-electron chi connectivity index (χ3n) is 3.64. The van der Waals surface area contributed by atoms with Gasteiger partial charge in [0, 0.05) is 18.2 Å². The molecule has 2 rings (SSSR count). The van der Waals surface area contributed by atoms with Crippen LogP contribution in [0.15, 0.2) is 18.2 Å². The Kier molecular flexibility index (Phi) is 5.17. The lowest BCUT2D eigenvalue weighted by molar-refractivity contribution is -0.129. The smallest absolute Gasteiger partial charge is 0.233 e. The number of benzene rings is 1. The Bertz CT molecular complexity index is 478. The van der Waals surface area contributed by atoms with Gasteiger partial charge in [0.2, 0.25) is 5.91 Å². The Hall–Kier alpha value is -1.36. The van der Waals surface area contributed by atoms with Gasteiger partial charge >= 0.3 is 0 Å². The van der Waals surface area contributed by atoms with E-state index in [2.05, 4.69) is 0 Å². The lowest BCUT2D eigenvalue weighted by Gasteiger charge is -2.26. The first-order valence-corrected chi connectivity index (χ1v) is 8.11. The summed E-state index contributed by atoms with van der Waals surface area (Å²) in [5.41, 5.74) is 1.07. The van der Waals surface area contributed by atoms with Crippen LogP contribution in [-0.2, 0) is 4.79 Å². The SMILES string of the molecule is COc1ccc(C2CCCN2C(=O)CSC)c(OC)c1. The van der Waals surface area contributed by atoms with Crippen molar-refractivity contribution in [1.29, 1.82) is 0 Å². The van der Waals surface area contributed by atoms with Crippen LogP contribution in [0.2, 0.25) is 0 Å². The molecule has 1 aromatic rings. The van der Waals surface area contributed by atoms with Crippen LogP contribution in [-0.4, -0.2) is 43.6 Å². The molecule has 0 aromatic heterocycles. The van der Waals surface area contributed by atoms with E-state index in [1.807, 2.05) is 29.4 Å². The fourth-order valence-electron chi connectivity index (χ4n) is 2.69. The summed E-state index contributed by atoms with van der Waals surface area (Å²) in [5, 5.41) is 0. The summed E-state index contributed by atoms with van der Waals surface area (Å²) in [4.78, 5) is 14.2. The number of hydrogen-bond donors (Lipinski definition) is 0. The zero-order valence-electron chi connectivity index (χ0n) is 12.2. The first-order valence-electron chi connectivity index (χ1n) is 6.71. The normalized spacial score (nSPS) is 18.1. The van der Waals surface area contributed by atoms with Gasteiger partial charge in [-0.25, -0.2) is 0 Å². The van der Waals surface area contributed by atoms with Crippen molar-refractivity contribution in [3.05, 3.63) is 23.8 Å². The second-order valence-electron chi connectivity index (χ2n) is 4.79. The highest BCUT2D eigenvalue weighted by atomic mass is 32.2. The summed E-state index contributed by atoms with van der Waals surface area (Å²) in [6, 6.07) is 5.93. The molecule has 20 heavy (non-hydrogen) atoms. The van der Waals surface area contributed by atoms with Crippen molar-refractivity contribution < 1.29 is 14.3 Å². The van der Waals surface area contributed by atoms with Gasteiger partial charge in [0.05, 0.1) is 26.0 Å². The van der Waals surface area contributed by atoms with E-state index in [1.54, 1.807) is 26.0 Å². The highest BCUT2D eigenvalue weighted by molar-refractivity contribution is 7.99. The van der Waals surface area contributed by atoms with Crippen molar-refractivity contribution in [2.45, 2.75) is 18.9 Å². The summed E-state index contributed by atoms with van der Waals surface area (Å²) in [5.74, 6) is 2.30. The average molecular weight is 295 g/mol. The maximum Gasteiger partial charge on any atom is 0.233 e. The van der Waals surface area contributed by atoms with Crippen molar-refractivity contribution in [3.63, 3.8) is 0 Å². The molecule has 1 amide bonds. The molecule has 5 heteroatoms.